The van der Waals surface area contributed by atoms with Gasteiger partial charge in [0.05, 0.1) is 9.54 Å². The molecular formula is C11H17N2O6PS. The molecule has 0 aliphatic heterocycles. The Hall–Kier alpha value is -1.28. The van der Waals surface area contributed by atoms with Crippen LogP contribution in [0.3, 0.4) is 0 Å². The van der Waals surface area contributed by atoms with Crippen LogP contribution in [0.4, 0.5) is 15.5 Å². The smallest absolute Gasteiger partial charge is 0.412 e. The average molecular weight is 336 g/mol. The minimum absolute atomic E-state index is 0.0888. The molecule has 1 N–H and O–H groups in total. The topological polar surface area (TPSA) is 99.9 Å². The molecule has 0 unspecified atom stereocenters. The van der Waals surface area contributed by atoms with Gasteiger partial charge in [0.2, 0.25) is 8.38 Å². The lowest BCUT2D eigenvalue weighted by molar-refractivity contribution is -0.383. The van der Waals surface area contributed by atoms with E-state index in [1.807, 2.05) is 0 Å². The lowest BCUT2D eigenvalue weighted by atomic mass is 10.2. The summed E-state index contributed by atoms with van der Waals surface area (Å²) in [5.74, 6) is 0. The number of hydrogen-bond donors (Lipinski definition) is 1. The Morgan fingerprint density at radius 2 is 1.95 bits per heavy atom. The largest absolute Gasteiger partial charge is 0.444 e. The van der Waals surface area contributed by atoms with Crippen molar-refractivity contribution in [1.82, 2.24) is 0 Å². The molecule has 118 valence electrons. The molecular weight excluding hydrogens is 319 g/mol. The average Bonchev–Trinajstić information content (AvgIpc) is 2.72. The number of amides is 1. The van der Waals surface area contributed by atoms with E-state index in [-0.39, 0.29) is 10.7 Å². The maximum atomic E-state index is 11.7. The number of hydrogen-bond acceptors (Lipinski definition) is 7. The molecule has 1 rings (SSSR count). The van der Waals surface area contributed by atoms with Crippen LogP contribution in [0.2, 0.25) is 0 Å². The summed E-state index contributed by atoms with van der Waals surface area (Å²) in [6.07, 6.45) is -0.752. The quantitative estimate of drug-likeness (QED) is 0.503. The van der Waals surface area contributed by atoms with Gasteiger partial charge in [0.1, 0.15) is 5.60 Å². The van der Waals surface area contributed by atoms with E-state index >= 15 is 0 Å². The number of carbonyl (C=O) groups excluding carboxylic acids is 1. The molecule has 1 amide bonds. The van der Waals surface area contributed by atoms with Gasteiger partial charge in [-0.1, -0.05) is 0 Å². The lowest BCUT2D eigenvalue weighted by Crippen LogP contribution is -2.27. The van der Waals surface area contributed by atoms with Gasteiger partial charge in [-0.15, -0.1) is 11.3 Å². The Labute approximate surface area is 127 Å². The number of nitrogens with one attached hydrogen (secondary N) is 1. The Bertz CT molecular complexity index is 523. The fourth-order valence-electron chi connectivity index (χ4n) is 1.33. The van der Waals surface area contributed by atoms with E-state index in [1.165, 1.54) is 20.3 Å². The highest BCUT2D eigenvalue weighted by Gasteiger charge is 2.27. The van der Waals surface area contributed by atoms with E-state index in [2.05, 4.69) is 5.32 Å². The molecule has 0 spiro atoms. The zero-order valence-corrected chi connectivity index (χ0v) is 14.0. The van der Waals surface area contributed by atoms with Crippen molar-refractivity contribution >= 4 is 41.1 Å². The summed E-state index contributed by atoms with van der Waals surface area (Å²) in [5.41, 5.74) is -0.910. The van der Waals surface area contributed by atoms with Gasteiger partial charge in [0, 0.05) is 20.3 Å². The van der Waals surface area contributed by atoms with Gasteiger partial charge < -0.3 is 13.8 Å². The maximum absolute atomic E-state index is 11.7. The number of anilines is 1. The van der Waals surface area contributed by atoms with Crippen molar-refractivity contribution in [2.75, 3.05) is 19.5 Å². The molecule has 1 aromatic heterocycles. The fraction of sp³-hybridized carbons (Fsp3) is 0.545. The fourth-order valence-corrected chi connectivity index (χ4v) is 3.84. The van der Waals surface area contributed by atoms with E-state index in [1.54, 1.807) is 20.8 Å². The van der Waals surface area contributed by atoms with Crippen molar-refractivity contribution in [3.8, 4) is 0 Å². The Morgan fingerprint density at radius 3 is 2.38 bits per heavy atom. The summed E-state index contributed by atoms with van der Waals surface area (Å²) in [4.78, 5) is 22.2. The maximum Gasteiger partial charge on any atom is 0.412 e. The number of thiophene rings is 1. The molecule has 0 radical (unpaired) electrons. The number of rotatable bonds is 5. The van der Waals surface area contributed by atoms with Crippen molar-refractivity contribution in [2.45, 2.75) is 26.4 Å². The van der Waals surface area contributed by atoms with Crippen LogP contribution in [0, 0.1) is 10.1 Å². The van der Waals surface area contributed by atoms with Crippen LogP contribution in [0.25, 0.3) is 0 Å². The predicted molar refractivity (Wildman–Crippen MR) is 81.4 cm³/mol. The molecule has 0 atom stereocenters. The van der Waals surface area contributed by atoms with Crippen LogP contribution < -0.4 is 9.94 Å². The van der Waals surface area contributed by atoms with Gasteiger partial charge in [-0.05, 0) is 20.8 Å². The minimum Gasteiger partial charge on any atom is -0.444 e. The third kappa shape index (κ3) is 5.20. The molecule has 10 heteroatoms. The summed E-state index contributed by atoms with van der Waals surface area (Å²) in [5, 5.41) is 13.5. The highest BCUT2D eigenvalue weighted by Crippen LogP contribution is 2.42. The second kappa shape index (κ2) is 7.13. The van der Waals surface area contributed by atoms with Crippen molar-refractivity contribution < 1.29 is 23.5 Å². The Balaban J connectivity index is 3.00. The number of carbonyl (C=O) groups is 1. The van der Waals surface area contributed by atoms with Crippen molar-refractivity contribution in [3.63, 3.8) is 0 Å². The monoisotopic (exact) mass is 336 g/mol. The van der Waals surface area contributed by atoms with E-state index in [0.717, 1.165) is 11.3 Å². The third-order valence-corrected chi connectivity index (χ3v) is 4.74. The summed E-state index contributed by atoms with van der Waals surface area (Å²) >= 11 is 1.02. The Morgan fingerprint density at radius 1 is 1.38 bits per heavy atom. The van der Waals surface area contributed by atoms with Crippen LogP contribution in [-0.2, 0) is 13.8 Å². The zero-order valence-electron chi connectivity index (χ0n) is 12.3. The van der Waals surface area contributed by atoms with Crippen LogP contribution in [0.5, 0.6) is 0 Å². The van der Waals surface area contributed by atoms with Crippen molar-refractivity contribution in [3.05, 3.63) is 16.2 Å². The second-order valence-corrected chi connectivity index (χ2v) is 7.89. The van der Waals surface area contributed by atoms with Crippen LogP contribution in [0.15, 0.2) is 6.07 Å². The third-order valence-electron chi connectivity index (χ3n) is 2.02. The van der Waals surface area contributed by atoms with Gasteiger partial charge in [0.25, 0.3) is 0 Å². The molecule has 21 heavy (non-hydrogen) atoms. The molecule has 1 heterocycles. The van der Waals surface area contributed by atoms with Crippen LogP contribution >= 0.6 is 19.7 Å². The summed E-state index contributed by atoms with van der Waals surface area (Å²) in [6, 6.07) is 1.33. The van der Waals surface area contributed by atoms with E-state index < -0.39 is 25.0 Å². The Kier molecular flexibility index (Phi) is 6.03. The van der Waals surface area contributed by atoms with E-state index in [0.29, 0.717) is 4.62 Å². The SMILES string of the molecule is COP(OC)c1cc([N+](=O)[O-])c(NC(=O)OC(C)(C)C)s1. The van der Waals surface area contributed by atoms with E-state index in [4.69, 9.17) is 13.8 Å². The van der Waals surface area contributed by atoms with Crippen molar-refractivity contribution in [1.29, 1.82) is 0 Å². The summed E-state index contributed by atoms with van der Waals surface area (Å²) < 4.78 is 15.8. The van der Waals surface area contributed by atoms with Gasteiger partial charge >= 0.3 is 11.8 Å². The molecule has 0 saturated heterocycles. The molecule has 0 fully saturated rings. The second-order valence-electron chi connectivity index (χ2n) is 4.81. The van der Waals surface area contributed by atoms with Crippen LogP contribution in [0.1, 0.15) is 20.8 Å². The first-order chi connectivity index (χ1) is 9.67. The molecule has 0 bridgehead atoms. The first kappa shape index (κ1) is 17.8. The van der Waals surface area contributed by atoms with Crippen LogP contribution in [-0.4, -0.2) is 30.8 Å². The summed E-state index contributed by atoms with van der Waals surface area (Å²) in [6.45, 7) is 5.11. The molecule has 1 aromatic rings. The first-order valence-electron chi connectivity index (χ1n) is 5.84. The zero-order chi connectivity index (χ0) is 16.2. The highest BCUT2D eigenvalue weighted by atomic mass is 32.1. The lowest BCUT2D eigenvalue weighted by Gasteiger charge is -2.19. The molecule has 8 nitrogen and oxygen atoms in total. The molecule has 0 saturated carbocycles. The molecule has 0 aromatic carbocycles. The standard InChI is InChI=1S/C11H17N2O6PS/c1-11(2,3)19-10(14)12-9-7(13(15)16)6-8(21-9)20(17-4)18-5/h6H,1-5H3,(H,12,14). The minimum atomic E-state index is -1.40. The van der Waals surface area contributed by atoms with Gasteiger partial charge in [-0.25, -0.2) is 4.79 Å². The van der Waals surface area contributed by atoms with Gasteiger partial charge in [0.15, 0.2) is 5.00 Å². The summed E-state index contributed by atoms with van der Waals surface area (Å²) in [7, 11) is 1.49. The predicted octanol–water partition coefficient (Wildman–Crippen LogP) is 3.23. The van der Waals surface area contributed by atoms with Gasteiger partial charge in [-0.2, -0.15) is 0 Å². The molecule has 0 aliphatic carbocycles. The number of ether oxygens (including phenoxy) is 1. The van der Waals surface area contributed by atoms with Crippen molar-refractivity contribution in [2.24, 2.45) is 0 Å². The van der Waals surface area contributed by atoms with E-state index in [9.17, 15) is 14.9 Å². The normalized spacial score (nSPS) is 11.5. The number of nitrogens with zero attached hydrogens (tertiary/aromatic N) is 1. The highest BCUT2D eigenvalue weighted by molar-refractivity contribution is 7.64. The first-order valence-corrected chi connectivity index (χ1v) is 7.84. The number of nitro groups is 1. The molecule has 0 aliphatic rings. The van der Waals surface area contributed by atoms with Gasteiger partial charge in [-0.3, -0.25) is 15.4 Å².